The molecule has 0 heterocycles. The molecular weight excluding hydrogens is 228 g/mol. The highest BCUT2D eigenvalue weighted by Crippen LogP contribution is 2.27. The lowest BCUT2D eigenvalue weighted by Gasteiger charge is -2.25. The first-order chi connectivity index (χ1) is 8.67. The van der Waals surface area contributed by atoms with Crippen molar-refractivity contribution in [2.75, 3.05) is 0 Å². The first-order valence-electron chi connectivity index (χ1n) is 6.84. The van der Waals surface area contributed by atoms with Crippen LogP contribution in [0, 0.1) is 0 Å². The smallest absolute Gasteiger partial charge is 0.211 e. The maximum absolute atomic E-state index is 10.5. The molecule has 0 bridgehead atoms. The predicted molar refractivity (Wildman–Crippen MR) is 72.1 cm³/mol. The molecule has 0 aromatic heterocycles. The summed E-state index contributed by atoms with van der Waals surface area (Å²) in [6.45, 7) is 6.12. The fraction of sp³-hybridized carbons (Fsp3) is 0.857. The first kappa shape index (κ1) is 16.8. The Morgan fingerprint density at radius 1 is 1.06 bits per heavy atom. The zero-order valence-corrected chi connectivity index (χ0v) is 11.7. The van der Waals surface area contributed by atoms with Gasteiger partial charge in [0.1, 0.15) is 0 Å². The third-order valence-corrected chi connectivity index (χ3v) is 3.74. The summed E-state index contributed by atoms with van der Waals surface area (Å²) in [4.78, 5) is 28.4. The minimum absolute atomic E-state index is 0.0923. The van der Waals surface area contributed by atoms with Gasteiger partial charge in [-0.15, -0.1) is 0 Å². The summed E-state index contributed by atoms with van der Waals surface area (Å²) in [6, 6.07) is 0.0923. The standard InChI is InChI=1S/C14H24N2O2/c1-4-13(15-11-17)9-7-8-10-14(5-2,6-3)16-12-18/h13H,4-10H2,1-3H3. The van der Waals surface area contributed by atoms with E-state index in [1.165, 1.54) is 0 Å². The van der Waals surface area contributed by atoms with E-state index in [0.717, 1.165) is 44.9 Å². The minimum atomic E-state index is -0.239. The fourth-order valence-corrected chi connectivity index (χ4v) is 2.18. The molecule has 0 N–H and O–H groups in total. The average Bonchev–Trinajstić information content (AvgIpc) is 2.41. The maximum Gasteiger partial charge on any atom is 0.235 e. The molecule has 0 rings (SSSR count). The van der Waals surface area contributed by atoms with Gasteiger partial charge in [-0.05, 0) is 32.1 Å². The van der Waals surface area contributed by atoms with Crippen LogP contribution in [0.5, 0.6) is 0 Å². The number of hydrogen-bond donors (Lipinski definition) is 0. The molecule has 102 valence electrons. The van der Waals surface area contributed by atoms with E-state index in [4.69, 9.17) is 0 Å². The van der Waals surface area contributed by atoms with E-state index < -0.39 is 0 Å². The molecule has 1 atom stereocenters. The Morgan fingerprint density at radius 3 is 2.17 bits per heavy atom. The SMILES string of the molecule is CCC(CCCCC(CC)(CC)N=C=O)N=C=O. The van der Waals surface area contributed by atoms with Crippen molar-refractivity contribution in [3.8, 4) is 0 Å². The Kier molecular flexibility index (Phi) is 9.08. The molecule has 18 heavy (non-hydrogen) atoms. The summed E-state index contributed by atoms with van der Waals surface area (Å²) in [6.07, 6.45) is 9.72. The summed E-state index contributed by atoms with van der Waals surface area (Å²) >= 11 is 0. The van der Waals surface area contributed by atoms with E-state index in [1.807, 2.05) is 6.92 Å². The average molecular weight is 252 g/mol. The Morgan fingerprint density at radius 2 is 1.72 bits per heavy atom. The second kappa shape index (κ2) is 9.76. The van der Waals surface area contributed by atoms with Gasteiger partial charge in [0.2, 0.25) is 12.2 Å². The molecule has 0 spiro atoms. The van der Waals surface area contributed by atoms with E-state index >= 15 is 0 Å². The van der Waals surface area contributed by atoms with Crippen LogP contribution in [0.25, 0.3) is 0 Å². The lowest BCUT2D eigenvalue weighted by Crippen LogP contribution is -2.24. The number of unbranched alkanes of at least 4 members (excludes halogenated alkanes) is 1. The van der Waals surface area contributed by atoms with Crippen LogP contribution in [-0.4, -0.2) is 23.7 Å². The molecule has 0 saturated heterocycles. The van der Waals surface area contributed by atoms with Crippen LogP contribution >= 0.6 is 0 Å². The van der Waals surface area contributed by atoms with Crippen LogP contribution in [-0.2, 0) is 9.59 Å². The number of nitrogens with zero attached hydrogens (tertiary/aromatic N) is 2. The number of rotatable bonds is 10. The highest BCUT2D eigenvalue weighted by molar-refractivity contribution is 5.34. The van der Waals surface area contributed by atoms with Gasteiger partial charge in [-0.3, -0.25) is 0 Å². The van der Waals surface area contributed by atoms with Gasteiger partial charge < -0.3 is 0 Å². The quantitative estimate of drug-likeness (QED) is 0.339. The molecule has 1 unspecified atom stereocenters. The third kappa shape index (κ3) is 5.90. The third-order valence-electron chi connectivity index (χ3n) is 3.74. The van der Waals surface area contributed by atoms with Crippen LogP contribution in [0.2, 0.25) is 0 Å². The monoisotopic (exact) mass is 252 g/mol. The Balaban J connectivity index is 4.15. The normalized spacial score (nSPS) is 12.4. The second-order valence-electron chi connectivity index (χ2n) is 4.66. The van der Waals surface area contributed by atoms with Crippen LogP contribution in [0.15, 0.2) is 9.98 Å². The van der Waals surface area contributed by atoms with E-state index in [1.54, 1.807) is 12.2 Å². The Labute approximate surface area is 110 Å². The molecule has 4 nitrogen and oxygen atoms in total. The molecule has 0 fully saturated rings. The minimum Gasteiger partial charge on any atom is -0.211 e. The molecule has 0 aliphatic heterocycles. The zero-order chi connectivity index (χ0) is 13.9. The van der Waals surface area contributed by atoms with Gasteiger partial charge in [0.15, 0.2) is 0 Å². The van der Waals surface area contributed by atoms with Gasteiger partial charge in [0.05, 0.1) is 11.6 Å². The van der Waals surface area contributed by atoms with Crippen molar-refractivity contribution in [3.63, 3.8) is 0 Å². The summed E-state index contributed by atoms with van der Waals surface area (Å²) in [5, 5.41) is 0. The second-order valence-corrected chi connectivity index (χ2v) is 4.66. The van der Waals surface area contributed by atoms with Crippen molar-refractivity contribution in [1.29, 1.82) is 0 Å². The summed E-state index contributed by atoms with van der Waals surface area (Å²) in [5.74, 6) is 0. The van der Waals surface area contributed by atoms with E-state index in [9.17, 15) is 9.59 Å². The number of aliphatic imine (C=N–C) groups is 2. The van der Waals surface area contributed by atoms with Crippen molar-refractivity contribution in [2.24, 2.45) is 9.98 Å². The molecule has 0 aliphatic rings. The molecule has 4 heteroatoms. The van der Waals surface area contributed by atoms with Crippen LogP contribution < -0.4 is 0 Å². The molecular formula is C14H24N2O2. The first-order valence-corrected chi connectivity index (χ1v) is 6.84. The van der Waals surface area contributed by atoms with Crippen LogP contribution in [0.4, 0.5) is 0 Å². The lowest BCUT2D eigenvalue weighted by molar-refractivity contribution is 0.349. The number of hydrogen-bond acceptors (Lipinski definition) is 4. The maximum atomic E-state index is 10.5. The van der Waals surface area contributed by atoms with Crippen LogP contribution in [0.3, 0.4) is 0 Å². The molecule has 0 radical (unpaired) electrons. The molecule has 0 amide bonds. The van der Waals surface area contributed by atoms with E-state index in [-0.39, 0.29) is 11.6 Å². The Hall–Kier alpha value is -1.24. The van der Waals surface area contributed by atoms with E-state index in [0.29, 0.717) is 0 Å². The van der Waals surface area contributed by atoms with Gasteiger partial charge in [0.25, 0.3) is 0 Å². The van der Waals surface area contributed by atoms with Gasteiger partial charge in [-0.1, -0.05) is 33.6 Å². The molecule has 0 aromatic carbocycles. The van der Waals surface area contributed by atoms with Crippen LogP contribution in [0.1, 0.15) is 65.7 Å². The summed E-state index contributed by atoms with van der Waals surface area (Å²) in [5.41, 5.74) is -0.239. The van der Waals surface area contributed by atoms with Gasteiger partial charge in [-0.2, -0.15) is 4.99 Å². The topological polar surface area (TPSA) is 58.9 Å². The molecule has 0 aliphatic carbocycles. The van der Waals surface area contributed by atoms with Gasteiger partial charge in [-0.25, -0.2) is 14.6 Å². The number of isocyanates is 2. The van der Waals surface area contributed by atoms with Crippen molar-refractivity contribution in [2.45, 2.75) is 77.3 Å². The summed E-state index contributed by atoms with van der Waals surface area (Å²) in [7, 11) is 0. The Bertz CT molecular complexity index is 312. The molecule has 0 saturated carbocycles. The van der Waals surface area contributed by atoms with Crippen molar-refractivity contribution in [3.05, 3.63) is 0 Å². The largest absolute Gasteiger partial charge is 0.235 e. The van der Waals surface area contributed by atoms with Crippen molar-refractivity contribution >= 4 is 12.2 Å². The highest BCUT2D eigenvalue weighted by Gasteiger charge is 2.24. The lowest BCUT2D eigenvalue weighted by atomic mass is 9.87. The van der Waals surface area contributed by atoms with Crippen molar-refractivity contribution < 1.29 is 9.59 Å². The highest BCUT2D eigenvalue weighted by atomic mass is 16.1. The van der Waals surface area contributed by atoms with E-state index in [2.05, 4.69) is 23.8 Å². The summed E-state index contributed by atoms with van der Waals surface area (Å²) < 4.78 is 0. The number of carbonyl (C=O) groups excluding carboxylic acids is 2. The fourth-order valence-electron chi connectivity index (χ4n) is 2.18. The zero-order valence-electron chi connectivity index (χ0n) is 11.7. The predicted octanol–water partition coefficient (Wildman–Crippen LogP) is 3.56. The molecule has 0 aromatic rings. The van der Waals surface area contributed by atoms with Gasteiger partial charge >= 0.3 is 0 Å². The van der Waals surface area contributed by atoms with Crippen molar-refractivity contribution in [1.82, 2.24) is 0 Å². The van der Waals surface area contributed by atoms with Gasteiger partial charge in [0, 0.05) is 0 Å².